The minimum atomic E-state index is -0.701. The molecule has 3 nitrogen and oxygen atoms in total. The molecule has 88 valence electrons. The van der Waals surface area contributed by atoms with Crippen molar-refractivity contribution in [3.63, 3.8) is 0 Å². The lowest BCUT2D eigenvalue weighted by molar-refractivity contribution is -0.145. The number of hydrogen-bond acceptors (Lipinski definition) is 3. The van der Waals surface area contributed by atoms with Crippen LogP contribution in [-0.2, 0) is 4.79 Å². The van der Waals surface area contributed by atoms with Gasteiger partial charge in [0.25, 0.3) is 0 Å². The number of carboxylic acid groups (broad SMARTS) is 1. The average molecular weight is 231 g/mol. The summed E-state index contributed by atoms with van der Waals surface area (Å²) in [7, 11) is 0. The van der Waals surface area contributed by atoms with Crippen molar-refractivity contribution in [2.75, 3.05) is 12.3 Å². The monoisotopic (exact) mass is 231 g/mol. The van der Waals surface area contributed by atoms with Crippen molar-refractivity contribution in [1.29, 1.82) is 0 Å². The fraction of sp³-hybridized carbons (Fsp3) is 0.909. The van der Waals surface area contributed by atoms with Crippen LogP contribution in [0.5, 0.6) is 0 Å². The second kappa shape index (κ2) is 5.21. The molecule has 4 heteroatoms. The third-order valence-electron chi connectivity index (χ3n) is 2.98. The summed E-state index contributed by atoms with van der Waals surface area (Å²) in [5, 5.41) is 12.8. The first-order chi connectivity index (χ1) is 6.99. The van der Waals surface area contributed by atoms with E-state index in [2.05, 4.69) is 19.2 Å². The van der Waals surface area contributed by atoms with Gasteiger partial charge in [0.2, 0.25) is 0 Å². The van der Waals surface area contributed by atoms with Crippen molar-refractivity contribution in [3.8, 4) is 0 Å². The molecule has 2 N–H and O–H groups in total. The Morgan fingerprint density at radius 1 is 1.67 bits per heavy atom. The van der Waals surface area contributed by atoms with Crippen LogP contribution in [-0.4, -0.2) is 34.2 Å². The number of carbonyl (C=O) groups is 1. The molecule has 1 rings (SSSR count). The van der Waals surface area contributed by atoms with E-state index in [9.17, 15) is 9.90 Å². The van der Waals surface area contributed by atoms with E-state index in [4.69, 9.17) is 0 Å². The Labute approximate surface area is 96.0 Å². The lowest BCUT2D eigenvalue weighted by Crippen LogP contribution is -2.60. The van der Waals surface area contributed by atoms with E-state index in [-0.39, 0.29) is 5.25 Å². The number of thioether (sulfide) groups is 1. The zero-order valence-corrected chi connectivity index (χ0v) is 10.6. The summed E-state index contributed by atoms with van der Waals surface area (Å²) >= 11 is 1.76. The topological polar surface area (TPSA) is 49.3 Å². The average Bonchev–Trinajstić information content (AvgIpc) is 2.16. The van der Waals surface area contributed by atoms with Crippen LogP contribution in [0.15, 0.2) is 0 Å². The maximum atomic E-state index is 11.4. The van der Waals surface area contributed by atoms with Crippen LogP contribution in [0.25, 0.3) is 0 Å². The maximum Gasteiger partial charge on any atom is 0.325 e. The molecule has 2 unspecified atom stereocenters. The predicted octanol–water partition coefficient (Wildman–Crippen LogP) is 1.97. The number of carboxylic acids is 1. The Kier molecular flexibility index (Phi) is 4.46. The highest BCUT2D eigenvalue weighted by Crippen LogP contribution is 2.34. The molecule has 1 fully saturated rings. The molecular formula is C11H21NO2S. The number of hydrogen-bond donors (Lipinski definition) is 2. The van der Waals surface area contributed by atoms with Crippen molar-refractivity contribution < 1.29 is 9.90 Å². The normalized spacial score (nSPS) is 31.9. The molecule has 0 aromatic heterocycles. The first kappa shape index (κ1) is 12.8. The molecule has 0 amide bonds. The molecule has 0 aromatic carbocycles. The third kappa shape index (κ3) is 2.88. The van der Waals surface area contributed by atoms with Crippen LogP contribution in [0.2, 0.25) is 0 Å². The zero-order valence-electron chi connectivity index (χ0n) is 9.75. The molecule has 0 bridgehead atoms. The summed E-state index contributed by atoms with van der Waals surface area (Å²) in [6, 6.07) is 0. The van der Waals surface area contributed by atoms with Crippen LogP contribution < -0.4 is 5.32 Å². The highest BCUT2D eigenvalue weighted by atomic mass is 32.2. The zero-order chi connectivity index (χ0) is 11.5. The van der Waals surface area contributed by atoms with E-state index in [1.165, 1.54) is 0 Å². The SMILES string of the molecule is CC(C)CNC1(C(=O)O)CCCSC1C. The van der Waals surface area contributed by atoms with Crippen LogP contribution in [0.4, 0.5) is 0 Å². The fourth-order valence-electron chi connectivity index (χ4n) is 1.93. The molecule has 0 saturated carbocycles. The molecule has 0 aromatic rings. The Morgan fingerprint density at radius 2 is 2.33 bits per heavy atom. The highest BCUT2D eigenvalue weighted by molar-refractivity contribution is 8.00. The first-order valence-corrected chi connectivity index (χ1v) is 6.64. The molecule has 1 aliphatic heterocycles. The van der Waals surface area contributed by atoms with Gasteiger partial charge in [-0.2, -0.15) is 11.8 Å². The Hall–Kier alpha value is -0.220. The van der Waals surface area contributed by atoms with E-state index < -0.39 is 11.5 Å². The molecule has 1 aliphatic rings. The standard InChI is InChI=1S/C11H21NO2S/c1-8(2)7-12-11(10(13)14)5-4-6-15-9(11)3/h8-9,12H,4-7H2,1-3H3,(H,13,14). The lowest BCUT2D eigenvalue weighted by Gasteiger charge is -2.39. The van der Waals surface area contributed by atoms with E-state index in [0.717, 1.165) is 25.1 Å². The van der Waals surface area contributed by atoms with Crippen LogP contribution in [0, 0.1) is 5.92 Å². The van der Waals surface area contributed by atoms with Crippen molar-refractivity contribution >= 4 is 17.7 Å². The summed E-state index contributed by atoms with van der Waals surface area (Å²) < 4.78 is 0. The second-order valence-corrected chi connectivity index (χ2v) is 6.12. The van der Waals surface area contributed by atoms with E-state index in [1.54, 1.807) is 11.8 Å². The van der Waals surface area contributed by atoms with Crippen molar-refractivity contribution in [1.82, 2.24) is 5.32 Å². The number of nitrogens with one attached hydrogen (secondary N) is 1. The largest absolute Gasteiger partial charge is 0.480 e. The van der Waals surface area contributed by atoms with E-state index >= 15 is 0 Å². The van der Waals surface area contributed by atoms with Gasteiger partial charge in [-0.1, -0.05) is 20.8 Å². The summed E-state index contributed by atoms with van der Waals surface area (Å²) in [6.45, 7) is 6.99. The fourth-order valence-corrected chi connectivity index (χ4v) is 3.18. The second-order valence-electron chi connectivity index (χ2n) is 4.67. The Bertz CT molecular complexity index is 233. The van der Waals surface area contributed by atoms with Gasteiger partial charge in [0, 0.05) is 5.25 Å². The van der Waals surface area contributed by atoms with Crippen molar-refractivity contribution in [3.05, 3.63) is 0 Å². The lowest BCUT2D eigenvalue weighted by atomic mass is 9.89. The first-order valence-electron chi connectivity index (χ1n) is 5.59. The van der Waals surface area contributed by atoms with Crippen LogP contribution in [0.3, 0.4) is 0 Å². The molecule has 0 aliphatic carbocycles. The van der Waals surface area contributed by atoms with Crippen LogP contribution in [0.1, 0.15) is 33.6 Å². The van der Waals surface area contributed by atoms with Gasteiger partial charge in [-0.05, 0) is 31.1 Å². The molecule has 2 atom stereocenters. The molecule has 1 heterocycles. The van der Waals surface area contributed by atoms with Crippen molar-refractivity contribution in [2.45, 2.75) is 44.4 Å². The van der Waals surface area contributed by atoms with Gasteiger partial charge in [-0.25, -0.2) is 0 Å². The summed E-state index contributed by atoms with van der Waals surface area (Å²) in [5.41, 5.74) is -0.701. The van der Waals surface area contributed by atoms with Gasteiger partial charge in [-0.3, -0.25) is 4.79 Å². The highest BCUT2D eigenvalue weighted by Gasteiger charge is 2.45. The van der Waals surface area contributed by atoms with Crippen LogP contribution >= 0.6 is 11.8 Å². The molecule has 1 saturated heterocycles. The smallest absolute Gasteiger partial charge is 0.325 e. The van der Waals surface area contributed by atoms with Gasteiger partial charge >= 0.3 is 5.97 Å². The van der Waals surface area contributed by atoms with Gasteiger partial charge in [0.15, 0.2) is 0 Å². The van der Waals surface area contributed by atoms with Gasteiger partial charge in [-0.15, -0.1) is 0 Å². The van der Waals surface area contributed by atoms with Gasteiger partial charge in [0.05, 0.1) is 0 Å². The van der Waals surface area contributed by atoms with E-state index in [1.807, 2.05) is 6.92 Å². The number of aliphatic carboxylic acids is 1. The predicted molar refractivity (Wildman–Crippen MR) is 64.4 cm³/mol. The molecule has 0 spiro atoms. The summed E-state index contributed by atoms with van der Waals surface area (Å²) in [4.78, 5) is 11.4. The Morgan fingerprint density at radius 3 is 2.80 bits per heavy atom. The summed E-state index contributed by atoms with van der Waals surface area (Å²) in [5.74, 6) is 0.878. The van der Waals surface area contributed by atoms with E-state index in [0.29, 0.717) is 5.92 Å². The van der Waals surface area contributed by atoms with Crippen molar-refractivity contribution in [2.24, 2.45) is 5.92 Å². The molecule has 15 heavy (non-hydrogen) atoms. The Balaban J connectivity index is 2.72. The quantitative estimate of drug-likeness (QED) is 0.776. The molecule has 0 radical (unpaired) electrons. The van der Waals surface area contributed by atoms with Gasteiger partial charge in [0.1, 0.15) is 5.54 Å². The minimum Gasteiger partial charge on any atom is -0.480 e. The molecular weight excluding hydrogens is 210 g/mol. The maximum absolute atomic E-state index is 11.4. The number of rotatable bonds is 4. The third-order valence-corrected chi connectivity index (χ3v) is 4.41. The summed E-state index contributed by atoms with van der Waals surface area (Å²) in [6.07, 6.45) is 1.75. The minimum absolute atomic E-state index is 0.155. The van der Waals surface area contributed by atoms with Gasteiger partial charge < -0.3 is 10.4 Å².